The lowest BCUT2D eigenvalue weighted by molar-refractivity contribution is -0.145. The van der Waals surface area contributed by atoms with Crippen LogP contribution in [0.25, 0.3) is 0 Å². The van der Waals surface area contributed by atoms with Crippen molar-refractivity contribution in [2.45, 2.75) is 18.9 Å². The van der Waals surface area contributed by atoms with E-state index in [2.05, 4.69) is 4.74 Å². The number of hydrogen-bond acceptors (Lipinski definition) is 4. The highest BCUT2D eigenvalue weighted by atomic mass is 35.5. The molecule has 0 bridgehead atoms. The molecule has 0 aliphatic carbocycles. The molecule has 5 nitrogen and oxygen atoms in total. The summed E-state index contributed by atoms with van der Waals surface area (Å²) in [4.78, 5) is 25.3. The molecule has 0 aromatic heterocycles. The molecule has 0 saturated carbocycles. The Labute approximate surface area is 115 Å². The Kier molecular flexibility index (Phi) is 3.95. The average molecular weight is 284 g/mol. The van der Waals surface area contributed by atoms with Crippen LogP contribution in [-0.2, 0) is 9.53 Å². The molecule has 1 aliphatic heterocycles. The molecular weight excluding hydrogens is 270 g/mol. The number of carbonyl (C=O) groups is 2. The average Bonchev–Trinajstić information content (AvgIpc) is 2.86. The molecule has 1 heterocycles. The van der Waals surface area contributed by atoms with E-state index in [1.165, 1.54) is 30.2 Å². The number of rotatable bonds is 2. The molecule has 1 fully saturated rings. The third kappa shape index (κ3) is 2.66. The van der Waals surface area contributed by atoms with Crippen molar-refractivity contribution in [3.8, 4) is 5.75 Å². The molecule has 1 aromatic carbocycles. The van der Waals surface area contributed by atoms with Gasteiger partial charge < -0.3 is 14.7 Å². The molecule has 1 amide bonds. The van der Waals surface area contributed by atoms with Crippen molar-refractivity contribution >= 4 is 23.5 Å². The van der Waals surface area contributed by atoms with E-state index in [0.717, 1.165) is 6.42 Å². The second kappa shape index (κ2) is 5.48. The van der Waals surface area contributed by atoms with Crippen molar-refractivity contribution in [2.75, 3.05) is 13.7 Å². The van der Waals surface area contributed by atoms with Gasteiger partial charge >= 0.3 is 5.97 Å². The molecule has 1 saturated heterocycles. The molecule has 1 aromatic rings. The zero-order valence-corrected chi connectivity index (χ0v) is 11.2. The van der Waals surface area contributed by atoms with Crippen LogP contribution in [0.4, 0.5) is 0 Å². The molecule has 6 heteroatoms. The Balaban J connectivity index is 2.25. The van der Waals surface area contributed by atoms with E-state index in [0.29, 0.717) is 18.0 Å². The Bertz CT molecular complexity index is 517. The van der Waals surface area contributed by atoms with Crippen molar-refractivity contribution < 1.29 is 19.4 Å². The molecule has 1 unspecified atom stereocenters. The SMILES string of the molecule is COC(=O)C1CCCN1C(=O)c1ccc(Cl)cc1O. The Morgan fingerprint density at radius 1 is 1.47 bits per heavy atom. The third-order valence-corrected chi connectivity index (χ3v) is 3.41. The quantitative estimate of drug-likeness (QED) is 0.841. The van der Waals surface area contributed by atoms with Crippen molar-refractivity contribution in [3.63, 3.8) is 0 Å². The van der Waals surface area contributed by atoms with Crippen LogP contribution in [-0.4, -0.2) is 41.6 Å². The topological polar surface area (TPSA) is 66.8 Å². The minimum atomic E-state index is -0.576. The summed E-state index contributed by atoms with van der Waals surface area (Å²) in [6, 6.07) is 3.70. The van der Waals surface area contributed by atoms with Gasteiger partial charge in [-0.3, -0.25) is 4.79 Å². The highest BCUT2D eigenvalue weighted by molar-refractivity contribution is 6.30. The normalized spacial score (nSPS) is 18.4. The molecule has 2 rings (SSSR count). The first kappa shape index (κ1) is 13.7. The number of ether oxygens (including phenoxy) is 1. The monoisotopic (exact) mass is 283 g/mol. The lowest BCUT2D eigenvalue weighted by atomic mass is 10.1. The lowest BCUT2D eigenvalue weighted by Crippen LogP contribution is -2.41. The number of phenols is 1. The number of methoxy groups -OCH3 is 1. The first-order chi connectivity index (χ1) is 9.04. The van der Waals surface area contributed by atoms with Crippen LogP contribution >= 0.6 is 11.6 Å². The summed E-state index contributed by atoms with van der Waals surface area (Å²) in [6.45, 7) is 0.473. The van der Waals surface area contributed by atoms with Gasteiger partial charge in [-0.25, -0.2) is 4.79 Å². The third-order valence-electron chi connectivity index (χ3n) is 3.18. The molecule has 0 spiro atoms. The molecule has 19 heavy (non-hydrogen) atoms. The number of phenolic OH excluding ortho intramolecular Hbond substituents is 1. The van der Waals surface area contributed by atoms with Gasteiger partial charge in [-0.15, -0.1) is 0 Å². The molecule has 1 aliphatic rings. The number of likely N-dealkylation sites (tertiary alicyclic amines) is 1. The number of nitrogens with zero attached hydrogens (tertiary/aromatic N) is 1. The van der Waals surface area contributed by atoms with E-state index in [1.807, 2.05) is 0 Å². The number of aromatic hydroxyl groups is 1. The summed E-state index contributed by atoms with van der Waals surface area (Å²) >= 11 is 5.72. The number of benzene rings is 1. The van der Waals surface area contributed by atoms with E-state index in [9.17, 15) is 14.7 Å². The van der Waals surface area contributed by atoms with Crippen LogP contribution in [0.3, 0.4) is 0 Å². The number of carbonyl (C=O) groups excluding carboxylic acids is 2. The van der Waals surface area contributed by atoms with E-state index in [4.69, 9.17) is 11.6 Å². The highest BCUT2D eigenvalue weighted by Gasteiger charge is 2.35. The Morgan fingerprint density at radius 2 is 2.21 bits per heavy atom. The van der Waals surface area contributed by atoms with Gasteiger partial charge in [-0.05, 0) is 31.0 Å². The number of hydrogen-bond donors (Lipinski definition) is 1. The van der Waals surface area contributed by atoms with Gasteiger partial charge in [0.15, 0.2) is 0 Å². The van der Waals surface area contributed by atoms with Crippen LogP contribution in [0.15, 0.2) is 18.2 Å². The summed E-state index contributed by atoms with van der Waals surface area (Å²) in [6.07, 6.45) is 1.31. The van der Waals surface area contributed by atoms with Crippen molar-refractivity contribution in [1.82, 2.24) is 4.90 Å². The van der Waals surface area contributed by atoms with Crippen LogP contribution < -0.4 is 0 Å². The van der Waals surface area contributed by atoms with E-state index in [1.54, 1.807) is 0 Å². The summed E-state index contributed by atoms with van der Waals surface area (Å²) in [5.74, 6) is -1.01. The minimum absolute atomic E-state index is 0.139. The van der Waals surface area contributed by atoms with Crippen molar-refractivity contribution in [3.05, 3.63) is 28.8 Å². The van der Waals surface area contributed by atoms with Gasteiger partial charge in [0.2, 0.25) is 0 Å². The smallest absolute Gasteiger partial charge is 0.328 e. The minimum Gasteiger partial charge on any atom is -0.507 e. The van der Waals surface area contributed by atoms with E-state index in [-0.39, 0.29) is 17.2 Å². The van der Waals surface area contributed by atoms with Crippen LogP contribution in [0, 0.1) is 0 Å². The maximum absolute atomic E-state index is 12.3. The maximum Gasteiger partial charge on any atom is 0.328 e. The molecular formula is C13H14ClNO4. The zero-order chi connectivity index (χ0) is 14.0. The van der Waals surface area contributed by atoms with E-state index < -0.39 is 12.0 Å². The molecule has 1 atom stereocenters. The number of halogens is 1. The van der Waals surface area contributed by atoms with Gasteiger partial charge in [0.1, 0.15) is 11.8 Å². The van der Waals surface area contributed by atoms with Gasteiger partial charge in [0.25, 0.3) is 5.91 Å². The summed E-state index contributed by atoms with van der Waals surface area (Å²) < 4.78 is 4.68. The van der Waals surface area contributed by atoms with Crippen LogP contribution in [0.5, 0.6) is 5.75 Å². The predicted molar refractivity (Wildman–Crippen MR) is 69.2 cm³/mol. The summed E-state index contributed by atoms with van der Waals surface area (Å²) in [7, 11) is 1.29. The fourth-order valence-electron chi connectivity index (χ4n) is 2.23. The number of esters is 1. The first-order valence-electron chi connectivity index (χ1n) is 5.92. The standard InChI is InChI=1S/C13H14ClNO4/c1-19-13(18)10-3-2-6-15(10)12(17)9-5-4-8(14)7-11(9)16/h4-5,7,10,16H,2-3,6H2,1H3. The predicted octanol–water partition coefficient (Wildman–Crippen LogP) is 1.82. The fraction of sp³-hybridized carbons (Fsp3) is 0.385. The second-order valence-electron chi connectivity index (χ2n) is 4.34. The summed E-state index contributed by atoms with van der Waals surface area (Å²) in [5.41, 5.74) is 0.139. The lowest BCUT2D eigenvalue weighted by Gasteiger charge is -2.23. The van der Waals surface area contributed by atoms with Gasteiger partial charge in [0.05, 0.1) is 12.7 Å². The van der Waals surface area contributed by atoms with Gasteiger partial charge in [-0.1, -0.05) is 11.6 Å². The Hall–Kier alpha value is -1.75. The van der Waals surface area contributed by atoms with E-state index >= 15 is 0 Å². The second-order valence-corrected chi connectivity index (χ2v) is 4.78. The molecule has 1 N–H and O–H groups in total. The fourth-order valence-corrected chi connectivity index (χ4v) is 2.40. The van der Waals surface area contributed by atoms with Crippen LogP contribution in [0.2, 0.25) is 5.02 Å². The Morgan fingerprint density at radius 3 is 2.84 bits per heavy atom. The first-order valence-corrected chi connectivity index (χ1v) is 6.29. The van der Waals surface area contributed by atoms with Gasteiger partial charge in [0, 0.05) is 11.6 Å². The zero-order valence-electron chi connectivity index (χ0n) is 10.4. The van der Waals surface area contributed by atoms with Crippen molar-refractivity contribution in [1.29, 1.82) is 0 Å². The highest BCUT2D eigenvalue weighted by Crippen LogP contribution is 2.27. The van der Waals surface area contributed by atoms with Crippen molar-refractivity contribution in [2.24, 2.45) is 0 Å². The molecule has 0 radical (unpaired) electrons. The summed E-state index contributed by atoms with van der Waals surface area (Å²) in [5, 5.41) is 10.1. The molecule has 102 valence electrons. The number of amides is 1. The largest absolute Gasteiger partial charge is 0.507 e. The van der Waals surface area contributed by atoms with Crippen LogP contribution in [0.1, 0.15) is 23.2 Å². The van der Waals surface area contributed by atoms with Gasteiger partial charge in [-0.2, -0.15) is 0 Å². The maximum atomic E-state index is 12.3.